The van der Waals surface area contributed by atoms with Gasteiger partial charge in [0.2, 0.25) is 5.91 Å². The van der Waals surface area contributed by atoms with Gasteiger partial charge in [0, 0.05) is 5.92 Å². The number of hydrogen-bond acceptors (Lipinski definition) is 2. The number of carbonyl (C=O) groups is 1. The van der Waals surface area contributed by atoms with E-state index >= 15 is 0 Å². The smallest absolute Gasteiger partial charge is 0.227 e. The zero-order valence-electron chi connectivity index (χ0n) is 11.5. The summed E-state index contributed by atoms with van der Waals surface area (Å²) < 4.78 is 5.23. The van der Waals surface area contributed by atoms with Crippen LogP contribution in [0.4, 0.5) is 5.69 Å². The number of amides is 1. The Morgan fingerprint density at radius 2 is 2.06 bits per heavy atom. The summed E-state index contributed by atoms with van der Waals surface area (Å²) in [7, 11) is 1.61. The van der Waals surface area contributed by atoms with Gasteiger partial charge in [-0.3, -0.25) is 4.79 Å². The number of methoxy groups -OCH3 is 1. The molecule has 0 saturated carbocycles. The van der Waals surface area contributed by atoms with Crippen LogP contribution in [-0.2, 0) is 4.79 Å². The highest BCUT2D eigenvalue weighted by Gasteiger charge is 2.16. The SMILES string of the molecule is CCCC[C@@H](CC)C(=O)Nc1ccccc1OC. The van der Waals surface area contributed by atoms with Crippen molar-refractivity contribution in [2.45, 2.75) is 39.5 Å². The van der Waals surface area contributed by atoms with E-state index in [-0.39, 0.29) is 11.8 Å². The van der Waals surface area contributed by atoms with Crippen LogP contribution in [-0.4, -0.2) is 13.0 Å². The molecule has 0 unspecified atom stereocenters. The summed E-state index contributed by atoms with van der Waals surface area (Å²) in [5.74, 6) is 0.890. The van der Waals surface area contributed by atoms with Crippen molar-refractivity contribution in [3.63, 3.8) is 0 Å². The Bertz CT molecular complexity index is 377. The van der Waals surface area contributed by atoms with Gasteiger partial charge >= 0.3 is 0 Å². The van der Waals surface area contributed by atoms with Gasteiger partial charge in [-0.2, -0.15) is 0 Å². The first-order valence-corrected chi connectivity index (χ1v) is 6.66. The van der Waals surface area contributed by atoms with Crippen LogP contribution in [0.3, 0.4) is 0 Å². The molecule has 0 radical (unpaired) electrons. The summed E-state index contributed by atoms with van der Waals surface area (Å²) in [5, 5.41) is 2.96. The van der Waals surface area contributed by atoms with Gasteiger partial charge in [0.25, 0.3) is 0 Å². The molecule has 100 valence electrons. The Labute approximate surface area is 110 Å². The second-order valence-electron chi connectivity index (χ2n) is 4.44. The van der Waals surface area contributed by atoms with E-state index in [0.29, 0.717) is 5.75 Å². The quantitative estimate of drug-likeness (QED) is 0.797. The fourth-order valence-corrected chi connectivity index (χ4v) is 1.95. The van der Waals surface area contributed by atoms with Gasteiger partial charge in [0.15, 0.2) is 0 Å². The van der Waals surface area contributed by atoms with E-state index in [1.165, 1.54) is 0 Å². The molecule has 0 aliphatic heterocycles. The van der Waals surface area contributed by atoms with Crippen LogP contribution in [0.25, 0.3) is 0 Å². The zero-order chi connectivity index (χ0) is 13.4. The van der Waals surface area contributed by atoms with Crippen molar-refractivity contribution < 1.29 is 9.53 Å². The third-order valence-electron chi connectivity index (χ3n) is 3.13. The van der Waals surface area contributed by atoms with E-state index in [1.54, 1.807) is 7.11 Å². The van der Waals surface area contributed by atoms with Crippen molar-refractivity contribution in [2.24, 2.45) is 5.92 Å². The molecule has 0 fully saturated rings. The second kappa shape index (κ2) is 7.75. The minimum atomic E-state index is 0.0925. The van der Waals surface area contributed by atoms with Crippen LogP contribution in [0.5, 0.6) is 5.75 Å². The number of nitrogens with one attached hydrogen (secondary N) is 1. The number of anilines is 1. The summed E-state index contributed by atoms with van der Waals surface area (Å²) in [4.78, 5) is 12.2. The van der Waals surface area contributed by atoms with E-state index < -0.39 is 0 Å². The molecule has 1 atom stereocenters. The summed E-state index contributed by atoms with van der Waals surface area (Å²) >= 11 is 0. The molecule has 0 aliphatic carbocycles. The van der Waals surface area contributed by atoms with Crippen LogP contribution in [0, 0.1) is 5.92 Å². The molecule has 1 N–H and O–H groups in total. The van der Waals surface area contributed by atoms with Crippen molar-refractivity contribution in [2.75, 3.05) is 12.4 Å². The fraction of sp³-hybridized carbons (Fsp3) is 0.533. The molecule has 3 heteroatoms. The van der Waals surface area contributed by atoms with Crippen molar-refractivity contribution in [3.05, 3.63) is 24.3 Å². The topological polar surface area (TPSA) is 38.3 Å². The Morgan fingerprint density at radius 1 is 1.33 bits per heavy atom. The average molecular weight is 249 g/mol. The van der Waals surface area contributed by atoms with Crippen molar-refractivity contribution in [3.8, 4) is 5.75 Å². The van der Waals surface area contributed by atoms with Crippen LogP contribution >= 0.6 is 0 Å². The van der Waals surface area contributed by atoms with Gasteiger partial charge in [-0.1, -0.05) is 38.8 Å². The maximum Gasteiger partial charge on any atom is 0.227 e. The van der Waals surface area contributed by atoms with Crippen molar-refractivity contribution in [1.82, 2.24) is 0 Å². The maximum absolute atomic E-state index is 12.2. The lowest BCUT2D eigenvalue weighted by Crippen LogP contribution is -2.22. The summed E-state index contributed by atoms with van der Waals surface area (Å²) in [6.07, 6.45) is 4.05. The fourth-order valence-electron chi connectivity index (χ4n) is 1.95. The van der Waals surface area contributed by atoms with E-state index in [0.717, 1.165) is 31.4 Å². The third-order valence-corrected chi connectivity index (χ3v) is 3.13. The first-order valence-electron chi connectivity index (χ1n) is 6.66. The highest BCUT2D eigenvalue weighted by atomic mass is 16.5. The molecule has 3 nitrogen and oxygen atoms in total. The highest BCUT2D eigenvalue weighted by Crippen LogP contribution is 2.24. The van der Waals surface area contributed by atoms with Crippen LogP contribution in [0.1, 0.15) is 39.5 Å². The summed E-state index contributed by atoms with van der Waals surface area (Å²) in [5.41, 5.74) is 0.750. The number of ether oxygens (including phenoxy) is 1. The largest absolute Gasteiger partial charge is 0.495 e. The summed E-state index contributed by atoms with van der Waals surface area (Å²) in [6, 6.07) is 7.50. The molecule has 1 aromatic carbocycles. The minimum absolute atomic E-state index is 0.0925. The lowest BCUT2D eigenvalue weighted by Gasteiger charge is -2.16. The van der Waals surface area contributed by atoms with Crippen LogP contribution < -0.4 is 10.1 Å². The lowest BCUT2D eigenvalue weighted by atomic mass is 9.98. The minimum Gasteiger partial charge on any atom is -0.495 e. The van der Waals surface area contributed by atoms with Gasteiger partial charge in [0.05, 0.1) is 12.8 Å². The maximum atomic E-state index is 12.2. The number of benzene rings is 1. The number of hydrogen-bond donors (Lipinski definition) is 1. The molecule has 0 aliphatic rings. The Kier molecular flexibility index (Phi) is 6.26. The number of para-hydroxylation sites is 2. The van der Waals surface area contributed by atoms with Gasteiger partial charge < -0.3 is 10.1 Å². The molecule has 0 spiro atoms. The number of unbranched alkanes of at least 4 members (excludes halogenated alkanes) is 1. The van der Waals surface area contributed by atoms with E-state index in [1.807, 2.05) is 24.3 Å². The molecule has 1 rings (SSSR count). The van der Waals surface area contributed by atoms with Gasteiger partial charge in [-0.05, 0) is 25.0 Å². The zero-order valence-corrected chi connectivity index (χ0v) is 11.5. The predicted molar refractivity (Wildman–Crippen MR) is 74.9 cm³/mol. The average Bonchev–Trinajstić information content (AvgIpc) is 2.40. The van der Waals surface area contributed by atoms with Gasteiger partial charge in [0.1, 0.15) is 5.75 Å². The number of carbonyl (C=O) groups excluding carboxylic acids is 1. The Balaban J connectivity index is 2.67. The lowest BCUT2D eigenvalue weighted by molar-refractivity contribution is -0.120. The molecule has 0 aromatic heterocycles. The standard InChI is InChI=1S/C15H23NO2/c1-4-6-9-12(5-2)15(17)16-13-10-7-8-11-14(13)18-3/h7-8,10-12H,4-6,9H2,1-3H3,(H,16,17)/t12-/m1/s1. The van der Waals surface area contributed by atoms with Crippen molar-refractivity contribution in [1.29, 1.82) is 0 Å². The van der Waals surface area contributed by atoms with Crippen LogP contribution in [0.2, 0.25) is 0 Å². The normalized spacial score (nSPS) is 11.9. The molecular formula is C15H23NO2. The first-order chi connectivity index (χ1) is 8.72. The molecule has 1 amide bonds. The first kappa shape index (κ1) is 14.6. The van der Waals surface area contributed by atoms with Crippen molar-refractivity contribution >= 4 is 11.6 Å². The van der Waals surface area contributed by atoms with Gasteiger partial charge in [-0.25, -0.2) is 0 Å². The molecule has 18 heavy (non-hydrogen) atoms. The third kappa shape index (κ3) is 4.06. The second-order valence-corrected chi connectivity index (χ2v) is 4.44. The van der Waals surface area contributed by atoms with Gasteiger partial charge in [-0.15, -0.1) is 0 Å². The molecular weight excluding hydrogens is 226 g/mol. The Hall–Kier alpha value is -1.51. The van der Waals surface area contributed by atoms with E-state index in [2.05, 4.69) is 19.2 Å². The number of rotatable bonds is 7. The van der Waals surface area contributed by atoms with E-state index in [9.17, 15) is 4.79 Å². The Morgan fingerprint density at radius 3 is 2.67 bits per heavy atom. The molecule has 0 saturated heterocycles. The van der Waals surface area contributed by atoms with E-state index in [4.69, 9.17) is 4.74 Å². The van der Waals surface area contributed by atoms with Crippen LogP contribution in [0.15, 0.2) is 24.3 Å². The molecule has 0 bridgehead atoms. The molecule has 0 heterocycles. The highest BCUT2D eigenvalue weighted by molar-refractivity contribution is 5.93. The summed E-state index contributed by atoms with van der Waals surface area (Å²) in [6.45, 7) is 4.20. The molecule has 1 aromatic rings. The monoisotopic (exact) mass is 249 g/mol. The predicted octanol–water partition coefficient (Wildman–Crippen LogP) is 3.85.